The minimum atomic E-state index is -0.977. The van der Waals surface area contributed by atoms with E-state index in [1.165, 1.54) is 0 Å². The molecule has 2 rings (SSSR count). The second-order valence-electron chi connectivity index (χ2n) is 5.26. The van der Waals surface area contributed by atoms with Crippen LogP contribution in [-0.4, -0.2) is 24.1 Å². The summed E-state index contributed by atoms with van der Waals surface area (Å²) in [5.41, 5.74) is 2.27. The molecular formula is C18H19NO4. The van der Waals surface area contributed by atoms with Gasteiger partial charge in [-0.1, -0.05) is 29.8 Å². The van der Waals surface area contributed by atoms with Crippen molar-refractivity contribution in [3.05, 3.63) is 65.2 Å². The number of rotatable bonds is 6. The van der Waals surface area contributed by atoms with Crippen molar-refractivity contribution in [1.29, 1.82) is 0 Å². The van der Waals surface area contributed by atoms with Crippen LogP contribution in [0.1, 0.15) is 33.9 Å². The van der Waals surface area contributed by atoms with Crippen LogP contribution in [0.5, 0.6) is 5.75 Å². The fourth-order valence-electron chi connectivity index (χ4n) is 2.21. The largest absolute Gasteiger partial charge is 0.497 e. The van der Waals surface area contributed by atoms with Crippen molar-refractivity contribution in [2.75, 3.05) is 7.11 Å². The SMILES string of the molecule is COc1ccc([C@H](CC(=O)O)NC(=O)c2ccc(C)cc2)cc1. The monoisotopic (exact) mass is 313 g/mol. The third-order valence-electron chi connectivity index (χ3n) is 3.52. The predicted molar refractivity (Wildman–Crippen MR) is 86.6 cm³/mol. The first-order valence-corrected chi connectivity index (χ1v) is 7.23. The Morgan fingerprint density at radius 1 is 1.09 bits per heavy atom. The molecule has 2 aromatic carbocycles. The number of benzene rings is 2. The number of carboxylic acid groups (broad SMARTS) is 1. The number of hydrogen-bond acceptors (Lipinski definition) is 3. The molecule has 0 saturated carbocycles. The average molecular weight is 313 g/mol. The van der Waals surface area contributed by atoms with Crippen LogP contribution in [0, 0.1) is 6.92 Å². The first kappa shape index (κ1) is 16.5. The van der Waals surface area contributed by atoms with E-state index in [1.54, 1.807) is 43.5 Å². The third kappa shape index (κ3) is 4.57. The van der Waals surface area contributed by atoms with Crippen LogP contribution >= 0.6 is 0 Å². The van der Waals surface area contributed by atoms with Crippen LogP contribution in [0.3, 0.4) is 0 Å². The molecule has 23 heavy (non-hydrogen) atoms. The van der Waals surface area contributed by atoms with E-state index in [2.05, 4.69) is 5.32 Å². The van der Waals surface area contributed by atoms with Crippen molar-refractivity contribution in [1.82, 2.24) is 5.32 Å². The van der Waals surface area contributed by atoms with Gasteiger partial charge < -0.3 is 15.2 Å². The molecule has 0 saturated heterocycles. The maximum absolute atomic E-state index is 12.3. The number of amides is 1. The number of aryl methyl sites for hydroxylation is 1. The van der Waals surface area contributed by atoms with E-state index in [9.17, 15) is 9.59 Å². The summed E-state index contributed by atoms with van der Waals surface area (Å²) in [4.78, 5) is 23.4. The van der Waals surface area contributed by atoms with Gasteiger partial charge in [-0.25, -0.2) is 0 Å². The maximum Gasteiger partial charge on any atom is 0.305 e. The molecule has 0 bridgehead atoms. The number of carbonyl (C=O) groups excluding carboxylic acids is 1. The number of carboxylic acids is 1. The summed E-state index contributed by atoms with van der Waals surface area (Å²) in [5, 5.41) is 11.9. The number of aliphatic carboxylic acids is 1. The van der Waals surface area contributed by atoms with Gasteiger partial charge in [-0.05, 0) is 36.8 Å². The topological polar surface area (TPSA) is 75.6 Å². The average Bonchev–Trinajstić information content (AvgIpc) is 2.54. The molecule has 1 atom stereocenters. The Labute approximate surface area is 134 Å². The van der Waals surface area contributed by atoms with E-state index < -0.39 is 12.0 Å². The molecule has 0 spiro atoms. The number of ether oxygens (including phenoxy) is 1. The quantitative estimate of drug-likeness (QED) is 0.859. The zero-order chi connectivity index (χ0) is 16.8. The molecule has 0 unspecified atom stereocenters. The molecule has 2 N–H and O–H groups in total. The summed E-state index contributed by atoms with van der Waals surface area (Å²) >= 11 is 0. The van der Waals surface area contributed by atoms with E-state index in [1.807, 2.05) is 19.1 Å². The number of hydrogen-bond donors (Lipinski definition) is 2. The van der Waals surface area contributed by atoms with Gasteiger partial charge in [0.05, 0.1) is 19.6 Å². The third-order valence-corrected chi connectivity index (χ3v) is 3.52. The lowest BCUT2D eigenvalue weighted by molar-refractivity contribution is -0.137. The molecule has 0 aliphatic carbocycles. The summed E-state index contributed by atoms with van der Waals surface area (Å²) in [6.07, 6.45) is -0.191. The Hall–Kier alpha value is -2.82. The first-order chi connectivity index (χ1) is 11.0. The minimum Gasteiger partial charge on any atom is -0.497 e. The van der Waals surface area contributed by atoms with E-state index in [0.717, 1.165) is 5.56 Å². The summed E-state index contributed by atoms with van der Waals surface area (Å²) in [5.74, 6) is -0.602. The van der Waals surface area contributed by atoms with Crippen molar-refractivity contribution in [2.24, 2.45) is 0 Å². The highest BCUT2D eigenvalue weighted by molar-refractivity contribution is 5.94. The smallest absolute Gasteiger partial charge is 0.305 e. The minimum absolute atomic E-state index is 0.191. The van der Waals surface area contributed by atoms with Gasteiger partial charge in [0.25, 0.3) is 5.91 Å². The van der Waals surface area contributed by atoms with Gasteiger partial charge in [-0.2, -0.15) is 0 Å². The van der Waals surface area contributed by atoms with Crippen LogP contribution in [0.2, 0.25) is 0 Å². The van der Waals surface area contributed by atoms with Crippen LogP contribution in [0.25, 0.3) is 0 Å². The van der Waals surface area contributed by atoms with Crippen LogP contribution in [0.15, 0.2) is 48.5 Å². The lowest BCUT2D eigenvalue weighted by Gasteiger charge is -2.18. The van der Waals surface area contributed by atoms with Gasteiger partial charge in [0, 0.05) is 5.56 Å². The van der Waals surface area contributed by atoms with Crippen LogP contribution in [0.4, 0.5) is 0 Å². The molecule has 1 amide bonds. The van der Waals surface area contributed by atoms with Crippen LogP contribution < -0.4 is 10.1 Å². The number of carbonyl (C=O) groups is 2. The van der Waals surface area contributed by atoms with E-state index >= 15 is 0 Å². The summed E-state index contributed by atoms with van der Waals surface area (Å²) in [7, 11) is 1.56. The molecule has 0 aliphatic heterocycles. The molecule has 0 radical (unpaired) electrons. The zero-order valence-corrected chi connectivity index (χ0v) is 13.1. The predicted octanol–water partition coefficient (Wildman–Crippen LogP) is 2.95. The highest BCUT2D eigenvalue weighted by Gasteiger charge is 2.19. The van der Waals surface area contributed by atoms with Crippen molar-refractivity contribution >= 4 is 11.9 Å². The molecule has 0 fully saturated rings. The highest BCUT2D eigenvalue weighted by Crippen LogP contribution is 2.21. The molecule has 5 heteroatoms. The van der Waals surface area contributed by atoms with E-state index in [4.69, 9.17) is 9.84 Å². The first-order valence-electron chi connectivity index (χ1n) is 7.23. The van der Waals surface area contributed by atoms with Gasteiger partial charge in [0.1, 0.15) is 5.75 Å². The van der Waals surface area contributed by atoms with Gasteiger partial charge in [-0.3, -0.25) is 9.59 Å². The van der Waals surface area contributed by atoms with Crippen molar-refractivity contribution in [3.63, 3.8) is 0 Å². The summed E-state index contributed by atoms with van der Waals surface area (Å²) in [6, 6.07) is 13.5. The van der Waals surface area contributed by atoms with E-state index in [-0.39, 0.29) is 12.3 Å². The fraction of sp³-hybridized carbons (Fsp3) is 0.222. The molecule has 0 aromatic heterocycles. The van der Waals surface area contributed by atoms with Crippen molar-refractivity contribution < 1.29 is 19.4 Å². The molecule has 0 aliphatic rings. The molecule has 2 aromatic rings. The Bertz CT molecular complexity index is 677. The second-order valence-corrected chi connectivity index (χ2v) is 5.26. The normalized spacial score (nSPS) is 11.6. The van der Waals surface area contributed by atoms with E-state index in [0.29, 0.717) is 16.9 Å². The second kappa shape index (κ2) is 7.45. The van der Waals surface area contributed by atoms with Crippen molar-refractivity contribution in [3.8, 4) is 5.75 Å². The standard InChI is InChI=1S/C18H19NO4/c1-12-3-5-14(6-4-12)18(22)19-16(11-17(20)21)13-7-9-15(23-2)10-8-13/h3-10,16H,11H2,1-2H3,(H,19,22)(H,20,21)/t16-/m0/s1. The summed E-state index contributed by atoms with van der Waals surface area (Å²) in [6.45, 7) is 1.94. The number of nitrogens with one attached hydrogen (secondary N) is 1. The molecule has 120 valence electrons. The lowest BCUT2D eigenvalue weighted by Crippen LogP contribution is -2.30. The Morgan fingerprint density at radius 3 is 2.22 bits per heavy atom. The van der Waals surface area contributed by atoms with Crippen LogP contribution in [-0.2, 0) is 4.79 Å². The van der Waals surface area contributed by atoms with Gasteiger partial charge in [-0.15, -0.1) is 0 Å². The number of methoxy groups -OCH3 is 1. The molecule has 5 nitrogen and oxygen atoms in total. The lowest BCUT2D eigenvalue weighted by atomic mass is 10.0. The molecule has 0 heterocycles. The van der Waals surface area contributed by atoms with Crippen molar-refractivity contribution in [2.45, 2.75) is 19.4 Å². The Kier molecular flexibility index (Phi) is 5.36. The Morgan fingerprint density at radius 2 is 1.70 bits per heavy atom. The maximum atomic E-state index is 12.3. The summed E-state index contributed by atoms with van der Waals surface area (Å²) < 4.78 is 5.09. The highest BCUT2D eigenvalue weighted by atomic mass is 16.5. The fourth-order valence-corrected chi connectivity index (χ4v) is 2.21. The molecular weight excluding hydrogens is 294 g/mol. The zero-order valence-electron chi connectivity index (χ0n) is 13.1. The van der Waals surface area contributed by atoms with Gasteiger partial charge >= 0.3 is 5.97 Å². The van der Waals surface area contributed by atoms with Gasteiger partial charge in [0.2, 0.25) is 0 Å². The Balaban J connectivity index is 2.18. The van der Waals surface area contributed by atoms with Gasteiger partial charge in [0.15, 0.2) is 0 Å².